The van der Waals surface area contributed by atoms with Gasteiger partial charge in [0.1, 0.15) is 0 Å². The minimum Gasteiger partial charge on any atom is -0.427 e. The molecule has 1 radical (unpaired) electrons. The second-order valence-corrected chi connectivity index (χ2v) is 5.31. The Balaban J connectivity index is 2.82. The summed E-state index contributed by atoms with van der Waals surface area (Å²) in [5, 5.41) is 18.8. The molecule has 4 nitrogen and oxygen atoms in total. The summed E-state index contributed by atoms with van der Waals surface area (Å²) in [6.07, 6.45) is 0. The van der Waals surface area contributed by atoms with Gasteiger partial charge in [0.15, 0.2) is 0 Å². The van der Waals surface area contributed by atoms with Crippen LogP contribution in [0.25, 0.3) is 0 Å². The van der Waals surface area contributed by atoms with Crippen LogP contribution < -0.4 is 11.2 Å². The summed E-state index contributed by atoms with van der Waals surface area (Å²) in [5.41, 5.74) is 5.63. The maximum Gasteiger partial charge on any atom is 0.331 e. The van der Waals surface area contributed by atoms with Gasteiger partial charge in [0.2, 0.25) is 0 Å². The molecular formula is C13H18BN2O2. The molecule has 0 atom stereocenters. The zero-order valence-electron chi connectivity index (χ0n) is 11.2. The largest absolute Gasteiger partial charge is 0.427 e. The fourth-order valence-electron chi connectivity index (χ4n) is 1.17. The molecule has 1 aromatic carbocycles. The lowest BCUT2D eigenvalue weighted by Crippen LogP contribution is -2.49. The Morgan fingerprint density at radius 1 is 1.28 bits per heavy atom. The predicted octanol–water partition coefficient (Wildman–Crippen LogP) is 0.951. The van der Waals surface area contributed by atoms with Gasteiger partial charge in [-0.25, -0.2) is 0 Å². The molecule has 1 aromatic rings. The average molecular weight is 245 g/mol. The fourth-order valence-corrected chi connectivity index (χ4v) is 1.17. The third-order valence-electron chi connectivity index (χ3n) is 3.07. The molecule has 0 spiro atoms. The van der Waals surface area contributed by atoms with E-state index in [4.69, 9.17) is 15.6 Å². The molecule has 95 valence electrons. The highest BCUT2D eigenvalue weighted by molar-refractivity contribution is 6.47. The Hall–Kier alpha value is -1.51. The van der Waals surface area contributed by atoms with Gasteiger partial charge in [-0.3, -0.25) is 0 Å². The predicted molar refractivity (Wildman–Crippen MR) is 72.4 cm³/mol. The molecule has 18 heavy (non-hydrogen) atoms. The molecule has 0 aromatic heterocycles. The number of anilines is 1. The summed E-state index contributed by atoms with van der Waals surface area (Å²) in [5.74, 6) is 0. The Kier molecular flexibility index (Phi) is 4.05. The smallest absolute Gasteiger partial charge is 0.331 e. The first-order valence-electron chi connectivity index (χ1n) is 5.70. The number of nitriles is 1. The van der Waals surface area contributed by atoms with Gasteiger partial charge in [0.25, 0.3) is 0 Å². The summed E-state index contributed by atoms with van der Waals surface area (Å²) in [4.78, 5) is 0. The summed E-state index contributed by atoms with van der Waals surface area (Å²) in [6, 6.07) is 7.01. The monoisotopic (exact) mass is 245 g/mol. The summed E-state index contributed by atoms with van der Waals surface area (Å²) >= 11 is 0. The van der Waals surface area contributed by atoms with Crippen LogP contribution in [0.4, 0.5) is 5.69 Å². The van der Waals surface area contributed by atoms with Gasteiger partial charge in [-0.15, -0.1) is 0 Å². The summed E-state index contributed by atoms with van der Waals surface area (Å²) < 4.78 is 5.59. The zero-order chi connectivity index (χ0) is 14.0. The number of hydrogen-bond acceptors (Lipinski definition) is 4. The van der Waals surface area contributed by atoms with Crippen molar-refractivity contribution in [1.82, 2.24) is 0 Å². The van der Waals surface area contributed by atoms with E-state index in [9.17, 15) is 5.11 Å². The van der Waals surface area contributed by atoms with Crippen LogP contribution in [0.2, 0.25) is 0 Å². The third-order valence-corrected chi connectivity index (χ3v) is 3.07. The summed E-state index contributed by atoms with van der Waals surface area (Å²) in [7, 11) is 1.51. The molecule has 0 heterocycles. The Morgan fingerprint density at radius 3 is 2.39 bits per heavy atom. The van der Waals surface area contributed by atoms with E-state index in [0.29, 0.717) is 16.7 Å². The van der Waals surface area contributed by atoms with Gasteiger partial charge in [-0.1, -0.05) is 5.46 Å². The van der Waals surface area contributed by atoms with Crippen molar-refractivity contribution < 1.29 is 9.76 Å². The van der Waals surface area contributed by atoms with Crippen molar-refractivity contribution in [2.24, 2.45) is 0 Å². The number of nitrogen functional groups attached to an aromatic ring is 1. The van der Waals surface area contributed by atoms with E-state index in [1.54, 1.807) is 45.9 Å². The maximum absolute atomic E-state index is 9.96. The molecule has 0 amide bonds. The molecule has 0 saturated heterocycles. The van der Waals surface area contributed by atoms with Crippen molar-refractivity contribution in [2.75, 3.05) is 5.73 Å². The normalized spacial score (nSPS) is 12.0. The molecule has 0 saturated carbocycles. The lowest BCUT2D eigenvalue weighted by atomic mass is 9.82. The molecule has 0 fully saturated rings. The van der Waals surface area contributed by atoms with E-state index >= 15 is 0 Å². The van der Waals surface area contributed by atoms with E-state index in [-0.39, 0.29) is 0 Å². The average Bonchev–Trinajstić information content (AvgIpc) is 2.24. The molecule has 0 aliphatic heterocycles. The molecule has 0 bridgehead atoms. The van der Waals surface area contributed by atoms with Gasteiger partial charge in [-0.05, 0) is 45.9 Å². The summed E-state index contributed by atoms with van der Waals surface area (Å²) in [6.45, 7) is 6.95. The van der Waals surface area contributed by atoms with Crippen molar-refractivity contribution in [3.8, 4) is 6.07 Å². The van der Waals surface area contributed by atoms with Crippen molar-refractivity contribution in [1.29, 1.82) is 5.26 Å². The number of nitrogens with zero attached hydrogens (tertiary/aromatic N) is 1. The number of hydrogen-bond donors (Lipinski definition) is 2. The highest BCUT2D eigenvalue weighted by Crippen LogP contribution is 2.24. The van der Waals surface area contributed by atoms with Gasteiger partial charge in [0.05, 0.1) is 22.8 Å². The van der Waals surface area contributed by atoms with Crippen molar-refractivity contribution in [2.45, 2.75) is 38.9 Å². The van der Waals surface area contributed by atoms with Crippen molar-refractivity contribution in [3.63, 3.8) is 0 Å². The molecule has 3 N–H and O–H groups in total. The van der Waals surface area contributed by atoms with Gasteiger partial charge >= 0.3 is 7.48 Å². The number of aliphatic hydroxyl groups is 1. The lowest BCUT2D eigenvalue weighted by Gasteiger charge is -2.37. The fraction of sp³-hybridized carbons (Fsp3) is 0.462. The Bertz CT molecular complexity index is 473. The van der Waals surface area contributed by atoms with Crippen LogP contribution in [0.1, 0.15) is 33.3 Å². The van der Waals surface area contributed by atoms with Crippen LogP contribution >= 0.6 is 0 Å². The highest BCUT2D eigenvalue weighted by Gasteiger charge is 2.35. The minimum atomic E-state index is -0.984. The molecule has 0 aliphatic carbocycles. The van der Waals surface area contributed by atoms with Gasteiger partial charge in [-0.2, -0.15) is 5.26 Å². The van der Waals surface area contributed by atoms with E-state index in [2.05, 4.69) is 0 Å². The highest BCUT2D eigenvalue weighted by atomic mass is 16.5. The zero-order valence-corrected chi connectivity index (χ0v) is 11.2. The van der Waals surface area contributed by atoms with Crippen LogP contribution in [-0.2, 0) is 4.65 Å². The number of rotatable bonds is 4. The van der Waals surface area contributed by atoms with E-state index in [1.165, 1.54) is 7.48 Å². The minimum absolute atomic E-state index is 0.478. The van der Waals surface area contributed by atoms with Crippen LogP contribution in [0.3, 0.4) is 0 Å². The second kappa shape index (κ2) is 5.01. The molecule has 0 aliphatic rings. The quantitative estimate of drug-likeness (QED) is 0.611. The Morgan fingerprint density at radius 2 is 1.89 bits per heavy atom. The third kappa shape index (κ3) is 3.49. The first kappa shape index (κ1) is 14.6. The first-order chi connectivity index (χ1) is 8.15. The van der Waals surface area contributed by atoms with Gasteiger partial charge < -0.3 is 15.5 Å². The van der Waals surface area contributed by atoms with Crippen LogP contribution in [0.5, 0.6) is 0 Å². The number of benzene rings is 1. The number of nitrogens with two attached hydrogens (primary N) is 1. The van der Waals surface area contributed by atoms with E-state index in [0.717, 1.165) is 0 Å². The standard InChI is InChI=1S/C13H18BN2O2/c1-12(2,17)13(3,4)18-14-10-5-9(8-15)6-11(16)7-10/h5-7,17H,16H2,1-4H3. The molecule has 0 unspecified atom stereocenters. The van der Waals surface area contributed by atoms with E-state index < -0.39 is 11.2 Å². The SMILES string of the molecule is CC(C)(O)C(C)(C)O[B]c1cc(N)cc(C#N)c1. The second-order valence-electron chi connectivity index (χ2n) is 5.31. The topological polar surface area (TPSA) is 79.3 Å². The van der Waals surface area contributed by atoms with E-state index in [1.807, 2.05) is 6.07 Å². The van der Waals surface area contributed by atoms with Crippen LogP contribution in [0.15, 0.2) is 18.2 Å². The lowest BCUT2D eigenvalue weighted by molar-refractivity contribution is -0.0893. The van der Waals surface area contributed by atoms with Crippen molar-refractivity contribution in [3.05, 3.63) is 23.8 Å². The van der Waals surface area contributed by atoms with Crippen molar-refractivity contribution >= 4 is 18.6 Å². The first-order valence-corrected chi connectivity index (χ1v) is 5.70. The molecule has 1 rings (SSSR count). The maximum atomic E-state index is 9.96. The van der Waals surface area contributed by atoms with Gasteiger partial charge in [0, 0.05) is 5.69 Å². The molecular weight excluding hydrogens is 227 g/mol. The Labute approximate surface area is 109 Å². The van der Waals surface area contributed by atoms with Crippen LogP contribution in [-0.4, -0.2) is 23.8 Å². The molecule has 5 heteroatoms. The van der Waals surface area contributed by atoms with Crippen LogP contribution in [0, 0.1) is 11.3 Å².